The Bertz CT molecular complexity index is 418. The normalized spacial score (nSPS) is 21.1. The standard InChI is InChI=1S/C22H38N2/c1-3-5-7-8-10-12-20-17-23-22(24-18-20)21-15-13-19(14-16-21)11-9-6-4-2/h17-19,21H,3-16H2,1-2H3/t19-,21-. The van der Waals surface area contributed by atoms with Crippen LogP contribution in [-0.2, 0) is 6.42 Å². The van der Waals surface area contributed by atoms with Gasteiger partial charge in [-0.2, -0.15) is 0 Å². The zero-order valence-electron chi connectivity index (χ0n) is 16.1. The molecule has 2 nitrogen and oxygen atoms in total. The van der Waals surface area contributed by atoms with Crippen molar-refractivity contribution in [2.45, 2.75) is 110 Å². The highest BCUT2D eigenvalue weighted by atomic mass is 14.9. The summed E-state index contributed by atoms with van der Waals surface area (Å²) in [6.07, 6.45) is 23.0. The minimum Gasteiger partial charge on any atom is -0.241 e. The molecular weight excluding hydrogens is 292 g/mol. The minimum absolute atomic E-state index is 0.617. The van der Waals surface area contributed by atoms with Gasteiger partial charge in [0, 0.05) is 18.3 Å². The number of aryl methyl sites for hydroxylation is 1. The quantitative estimate of drug-likeness (QED) is 0.415. The van der Waals surface area contributed by atoms with Gasteiger partial charge in [0.2, 0.25) is 0 Å². The van der Waals surface area contributed by atoms with Crippen LogP contribution in [0.4, 0.5) is 0 Å². The van der Waals surface area contributed by atoms with E-state index in [0.29, 0.717) is 5.92 Å². The molecule has 1 aliphatic carbocycles. The number of hydrogen-bond donors (Lipinski definition) is 0. The van der Waals surface area contributed by atoms with E-state index in [2.05, 4.69) is 26.2 Å². The van der Waals surface area contributed by atoms with Crippen molar-refractivity contribution in [1.29, 1.82) is 0 Å². The van der Waals surface area contributed by atoms with E-state index >= 15 is 0 Å². The van der Waals surface area contributed by atoms with Crippen LogP contribution in [0.5, 0.6) is 0 Å². The summed E-state index contributed by atoms with van der Waals surface area (Å²) < 4.78 is 0. The second-order valence-electron chi connectivity index (χ2n) is 7.83. The number of unbranched alkanes of at least 4 members (excludes halogenated alkanes) is 6. The van der Waals surface area contributed by atoms with Gasteiger partial charge in [0.1, 0.15) is 5.82 Å². The van der Waals surface area contributed by atoms with Gasteiger partial charge in [-0.3, -0.25) is 0 Å². The molecule has 1 aliphatic rings. The van der Waals surface area contributed by atoms with Crippen LogP contribution in [0, 0.1) is 5.92 Å². The Balaban J connectivity index is 1.68. The van der Waals surface area contributed by atoms with Crippen molar-refractivity contribution >= 4 is 0 Å². The highest BCUT2D eigenvalue weighted by molar-refractivity contribution is 5.08. The van der Waals surface area contributed by atoms with E-state index in [0.717, 1.165) is 18.2 Å². The second-order valence-corrected chi connectivity index (χ2v) is 7.83. The van der Waals surface area contributed by atoms with Crippen LogP contribution in [0.25, 0.3) is 0 Å². The van der Waals surface area contributed by atoms with Crippen molar-refractivity contribution in [2.75, 3.05) is 0 Å². The van der Waals surface area contributed by atoms with Crippen LogP contribution in [0.15, 0.2) is 12.4 Å². The van der Waals surface area contributed by atoms with Crippen molar-refractivity contribution in [3.05, 3.63) is 23.8 Å². The minimum atomic E-state index is 0.617. The van der Waals surface area contributed by atoms with Crippen LogP contribution in [0.3, 0.4) is 0 Å². The van der Waals surface area contributed by atoms with E-state index in [4.69, 9.17) is 9.97 Å². The van der Waals surface area contributed by atoms with Crippen LogP contribution in [0.2, 0.25) is 0 Å². The lowest BCUT2D eigenvalue weighted by atomic mass is 9.79. The molecule has 1 aromatic rings. The Labute approximate surface area is 149 Å². The lowest BCUT2D eigenvalue weighted by Gasteiger charge is -2.27. The number of rotatable bonds is 11. The molecule has 0 atom stereocenters. The summed E-state index contributed by atoms with van der Waals surface area (Å²) >= 11 is 0. The van der Waals surface area contributed by atoms with Gasteiger partial charge in [0.05, 0.1) is 0 Å². The molecule has 0 radical (unpaired) electrons. The molecular formula is C22H38N2. The Morgan fingerprint density at radius 1 is 0.792 bits per heavy atom. The molecule has 0 unspecified atom stereocenters. The van der Waals surface area contributed by atoms with E-state index in [1.165, 1.54) is 89.0 Å². The summed E-state index contributed by atoms with van der Waals surface area (Å²) in [5.74, 6) is 2.69. The predicted octanol–water partition coefficient (Wildman–Crippen LogP) is 6.84. The zero-order valence-corrected chi connectivity index (χ0v) is 16.1. The Hall–Kier alpha value is -0.920. The van der Waals surface area contributed by atoms with Crippen molar-refractivity contribution in [2.24, 2.45) is 5.92 Å². The molecule has 0 N–H and O–H groups in total. The van der Waals surface area contributed by atoms with E-state index in [9.17, 15) is 0 Å². The number of hydrogen-bond acceptors (Lipinski definition) is 2. The predicted molar refractivity (Wildman–Crippen MR) is 103 cm³/mol. The van der Waals surface area contributed by atoms with Crippen LogP contribution >= 0.6 is 0 Å². The van der Waals surface area contributed by atoms with Gasteiger partial charge < -0.3 is 0 Å². The maximum atomic E-state index is 4.71. The third kappa shape index (κ3) is 6.91. The lowest BCUT2D eigenvalue weighted by molar-refractivity contribution is 0.297. The smallest absolute Gasteiger partial charge is 0.131 e. The molecule has 1 heterocycles. The van der Waals surface area contributed by atoms with Gasteiger partial charge in [-0.25, -0.2) is 9.97 Å². The largest absolute Gasteiger partial charge is 0.241 e. The molecule has 2 rings (SSSR count). The lowest BCUT2D eigenvalue weighted by Crippen LogP contribution is -2.15. The average molecular weight is 331 g/mol. The summed E-state index contributed by atoms with van der Waals surface area (Å²) in [4.78, 5) is 9.41. The average Bonchev–Trinajstić information content (AvgIpc) is 2.63. The summed E-state index contributed by atoms with van der Waals surface area (Å²) in [5.41, 5.74) is 1.32. The third-order valence-corrected chi connectivity index (χ3v) is 5.72. The molecule has 1 fully saturated rings. The van der Waals surface area contributed by atoms with Gasteiger partial charge in [-0.1, -0.05) is 65.2 Å². The van der Waals surface area contributed by atoms with Crippen LogP contribution in [-0.4, -0.2) is 9.97 Å². The summed E-state index contributed by atoms with van der Waals surface area (Å²) in [7, 11) is 0. The summed E-state index contributed by atoms with van der Waals surface area (Å²) in [5, 5.41) is 0. The monoisotopic (exact) mass is 330 g/mol. The SMILES string of the molecule is CCCCCCCc1cnc([C@H]2CC[C@H](CCCCC)CC2)nc1. The molecule has 0 amide bonds. The van der Waals surface area contributed by atoms with E-state index in [-0.39, 0.29) is 0 Å². The molecule has 0 aromatic carbocycles. The molecule has 0 spiro atoms. The molecule has 0 aliphatic heterocycles. The van der Waals surface area contributed by atoms with Gasteiger partial charge in [0.25, 0.3) is 0 Å². The third-order valence-electron chi connectivity index (χ3n) is 5.72. The number of aromatic nitrogens is 2. The highest BCUT2D eigenvalue weighted by Gasteiger charge is 2.23. The molecule has 2 heteroatoms. The first-order chi connectivity index (χ1) is 11.8. The molecule has 0 bridgehead atoms. The molecule has 0 saturated heterocycles. The first-order valence-electron chi connectivity index (χ1n) is 10.6. The summed E-state index contributed by atoms with van der Waals surface area (Å²) in [6, 6.07) is 0. The zero-order chi connectivity index (χ0) is 17.0. The maximum Gasteiger partial charge on any atom is 0.131 e. The van der Waals surface area contributed by atoms with Crippen molar-refractivity contribution < 1.29 is 0 Å². The van der Waals surface area contributed by atoms with Gasteiger partial charge in [0.15, 0.2) is 0 Å². The van der Waals surface area contributed by atoms with Crippen molar-refractivity contribution in [3.8, 4) is 0 Å². The van der Waals surface area contributed by atoms with Crippen LogP contribution < -0.4 is 0 Å². The highest BCUT2D eigenvalue weighted by Crippen LogP contribution is 2.36. The van der Waals surface area contributed by atoms with E-state index < -0.39 is 0 Å². The molecule has 1 aromatic heterocycles. The molecule has 1 saturated carbocycles. The van der Waals surface area contributed by atoms with E-state index in [1.807, 2.05) is 0 Å². The topological polar surface area (TPSA) is 25.8 Å². The van der Waals surface area contributed by atoms with Crippen LogP contribution in [0.1, 0.15) is 115 Å². The Kier molecular flexibility index (Phi) is 9.38. The van der Waals surface area contributed by atoms with Gasteiger partial charge >= 0.3 is 0 Å². The maximum absolute atomic E-state index is 4.71. The second kappa shape index (κ2) is 11.6. The Morgan fingerprint density at radius 3 is 2.08 bits per heavy atom. The summed E-state index contributed by atoms with van der Waals surface area (Å²) in [6.45, 7) is 4.56. The van der Waals surface area contributed by atoms with Crippen molar-refractivity contribution in [1.82, 2.24) is 9.97 Å². The fourth-order valence-corrected chi connectivity index (χ4v) is 4.03. The van der Waals surface area contributed by atoms with Gasteiger partial charge in [-0.05, 0) is 50.0 Å². The van der Waals surface area contributed by atoms with Gasteiger partial charge in [-0.15, -0.1) is 0 Å². The first kappa shape index (κ1) is 19.4. The number of nitrogens with zero attached hydrogens (tertiary/aromatic N) is 2. The fourth-order valence-electron chi connectivity index (χ4n) is 4.03. The first-order valence-corrected chi connectivity index (χ1v) is 10.6. The van der Waals surface area contributed by atoms with E-state index in [1.54, 1.807) is 0 Å². The fraction of sp³-hybridized carbons (Fsp3) is 0.818. The Morgan fingerprint density at radius 2 is 1.42 bits per heavy atom. The van der Waals surface area contributed by atoms with Crippen molar-refractivity contribution in [3.63, 3.8) is 0 Å². The molecule has 24 heavy (non-hydrogen) atoms. The molecule has 136 valence electrons.